The fourth-order valence-electron chi connectivity index (χ4n) is 0.358. The summed E-state index contributed by atoms with van der Waals surface area (Å²) in [5, 5.41) is 9.94. The predicted octanol–water partition coefficient (Wildman–Crippen LogP) is -1.75. The summed E-state index contributed by atoms with van der Waals surface area (Å²) in [6, 6.07) is 4.15. The molecule has 1 aromatic heterocycles. The van der Waals surface area contributed by atoms with Crippen LogP contribution in [0.1, 0.15) is 9.67 Å². The Morgan fingerprint density at radius 2 is 2.44 bits per heavy atom. The Labute approximate surface area is 68.7 Å². The summed E-state index contributed by atoms with van der Waals surface area (Å²) in [6.07, 6.45) is 0. The van der Waals surface area contributed by atoms with E-state index in [1.54, 1.807) is 11.4 Å². The van der Waals surface area contributed by atoms with Gasteiger partial charge in [-0.1, -0.05) is 0 Å². The van der Waals surface area contributed by atoms with E-state index in [0.29, 0.717) is 0 Å². The molecule has 2 nitrogen and oxygen atoms in total. The van der Waals surface area contributed by atoms with E-state index >= 15 is 0 Å². The van der Waals surface area contributed by atoms with Crippen molar-refractivity contribution in [1.82, 2.24) is 0 Å². The van der Waals surface area contributed by atoms with Crippen LogP contribution in [0.15, 0.2) is 11.4 Å². The number of hydrogen-bond donors (Lipinski definition) is 1. The van der Waals surface area contributed by atoms with Crippen LogP contribution in [0.4, 0.5) is 0 Å². The van der Waals surface area contributed by atoms with Gasteiger partial charge in [-0.2, -0.15) is 12.1 Å². The van der Waals surface area contributed by atoms with Crippen molar-refractivity contribution >= 4 is 17.3 Å². The fraction of sp³-hybridized carbons (Fsp3) is 0. The van der Waals surface area contributed by atoms with Crippen molar-refractivity contribution < 1.29 is 28.8 Å². The SMILES string of the molecule is O=C(O)c1[c-]ccs1.[Li+]. The van der Waals surface area contributed by atoms with Gasteiger partial charge in [-0.3, -0.25) is 0 Å². The molecule has 0 saturated heterocycles. The van der Waals surface area contributed by atoms with Crippen LogP contribution in [0.5, 0.6) is 0 Å². The average molecular weight is 134 g/mol. The second-order valence-corrected chi connectivity index (χ2v) is 2.12. The van der Waals surface area contributed by atoms with E-state index in [1.807, 2.05) is 0 Å². The molecule has 0 aliphatic heterocycles. The van der Waals surface area contributed by atoms with Crippen molar-refractivity contribution in [3.8, 4) is 0 Å². The number of rotatable bonds is 1. The molecule has 9 heavy (non-hydrogen) atoms. The average Bonchev–Trinajstić information content (AvgIpc) is 2.12. The maximum absolute atomic E-state index is 10.0. The molecule has 0 fully saturated rings. The molecule has 0 aromatic carbocycles. The second-order valence-electron chi connectivity index (χ2n) is 1.20. The van der Waals surface area contributed by atoms with E-state index in [-0.39, 0.29) is 23.7 Å². The minimum Gasteiger partial charge on any atom is -0.534 e. The Hall–Kier alpha value is -0.233. The van der Waals surface area contributed by atoms with E-state index in [1.165, 1.54) is 11.3 Å². The van der Waals surface area contributed by atoms with Crippen molar-refractivity contribution in [1.29, 1.82) is 0 Å². The molecule has 0 atom stereocenters. The van der Waals surface area contributed by atoms with Gasteiger partial charge in [0.25, 0.3) is 0 Å². The molecule has 0 spiro atoms. The predicted molar refractivity (Wildman–Crippen MR) is 30.1 cm³/mol. The van der Waals surface area contributed by atoms with Crippen LogP contribution in [-0.2, 0) is 0 Å². The fourth-order valence-corrected chi connectivity index (χ4v) is 0.867. The monoisotopic (exact) mass is 134 g/mol. The molecule has 1 rings (SSSR count). The quantitative estimate of drug-likeness (QED) is 0.365. The second kappa shape index (κ2) is 3.73. The number of aromatic carboxylic acids is 1. The smallest absolute Gasteiger partial charge is 0.534 e. The van der Waals surface area contributed by atoms with Crippen LogP contribution in [-0.4, -0.2) is 11.1 Å². The number of carboxylic acid groups (broad SMARTS) is 1. The normalized spacial score (nSPS) is 8.00. The Balaban J connectivity index is 0.000000640. The molecule has 0 amide bonds. The van der Waals surface area contributed by atoms with E-state index in [2.05, 4.69) is 6.07 Å². The molecular formula is C5H3LiO2S. The molecule has 0 bridgehead atoms. The van der Waals surface area contributed by atoms with Crippen molar-refractivity contribution in [2.75, 3.05) is 0 Å². The molecule has 4 heteroatoms. The summed E-state index contributed by atoms with van der Waals surface area (Å²) >= 11 is 1.18. The van der Waals surface area contributed by atoms with Gasteiger partial charge < -0.3 is 9.90 Å². The standard InChI is InChI=1S/C5H3O2S.Li/c6-5(7)4-2-1-3-8-4;/h1,3H,(H,6,7);/q-1;+1. The number of hydrogen-bond acceptors (Lipinski definition) is 2. The molecular weight excluding hydrogens is 131 g/mol. The van der Waals surface area contributed by atoms with Crippen LogP contribution in [0.25, 0.3) is 0 Å². The number of thiophene rings is 1. The molecule has 1 N–H and O–H groups in total. The van der Waals surface area contributed by atoms with Crippen molar-refractivity contribution in [3.05, 3.63) is 22.4 Å². The summed E-state index contributed by atoms with van der Waals surface area (Å²) in [5.74, 6) is -0.903. The summed E-state index contributed by atoms with van der Waals surface area (Å²) in [6.45, 7) is 0. The number of carboxylic acids is 1. The minimum absolute atomic E-state index is 0. The zero-order valence-corrected chi connectivity index (χ0v) is 5.73. The van der Waals surface area contributed by atoms with E-state index in [4.69, 9.17) is 5.11 Å². The van der Waals surface area contributed by atoms with Crippen LogP contribution >= 0.6 is 11.3 Å². The minimum atomic E-state index is -0.903. The molecule has 0 radical (unpaired) electrons. The van der Waals surface area contributed by atoms with Gasteiger partial charge in [0.1, 0.15) is 0 Å². The van der Waals surface area contributed by atoms with Gasteiger partial charge in [-0.25, -0.2) is 11.3 Å². The summed E-state index contributed by atoms with van der Waals surface area (Å²) < 4.78 is 0. The van der Waals surface area contributed by atoms with Crippen LogP contribution in [0.2, 0.25) is 0 Å². The van der Waals surface area contributed by atoms with Crippen molar-refractivity contribution in [2.45, 2.75) is 0 Å². The summed E-state index contributed by atoms with van der Waals surface area (Å²) in [4.78, 5) is 10.3. The van der Waals surface area contributed by atoms with Gasteiger partial charge >= 0.3 is 18.9 Å². The first kappa shape index (κ1) is 8.77. The van der Waals surface area contributed by atoms with Crippen molar-refractivity contribution in [2.24, 2.45) is 0 Å². The van der Waals surface area contributed by atoms with E-state index in [0.717, 1.165) is 0 Å². The van der Waals surface area contributed by atoms with Gasteiger partial charge in [0.15, 0.2) is 0 Å². The molecule has 0 aliphatic carbocycles. The zero-order chi connectivity index (χ0) is 5.98. The molecule has 0 aliphatic rings. The van der Waals surface area contributed by atoms with Gasteiger partial charge in [-0.05, 0) is 4.88 Å². The Bertz CT molecular complexity index is 183. The van der Waals surface area contributed by atoms with Gasteiger partial charge in [-0.15, -0.1) is 5.38 Å². The van der Waals surface area contributed by atoms with E-state index < -0.39 is 5.97 Å². The van der Waals surface area contributed by atoms with Crippen LogP contribution in [0.3, 0.4) is 0 Å². The van der Waals surface area contributed by atoms with Gasteiger partial charge in [0.2, 0.25) is 5.97 Å². The Morgan fingerprint density at radius 3 is 2.67 bits per heavy atom. The first-order valence-corrected chi connectivity index (χ1v) is 2.87. The first-order chi connectivity index (χ1) is 3.80. The first-order valence-electron chi connectivity index (χ1n) is 1.99. The summed E-state index contributed by atoms with van der Waals surface area (Å²) in [7, 11) is 0. The van der Waals surface area contributed by atoms with Gasteiger partial charge in [0, 0.05) is 0 Å². The topological polar surface area (TPSA) is 37.3 Å². The molecule has 0 unspecified atom stereocenters. The molecule has 1 aromatic rings. The maximum Gasteiger partial charge on any atom is 1.00 e. The van der Waals surface area contributed by atoms with Crippen LogP contribution in [0, 0.1) is 6.07 Å². The Kier molecular flexibility index (Phi) is 3.63. The van der Waals surface area contributed by atoms with Crippen LogP contribution < -0.4 is 18.9 Å². The van der Waals surface area contributed by atoms with Gasteiger partial charge in [0.05, 0.1) is 0 Å². The number of carbonyl (C=O) groups is 1. The third-order valence-electron chi connectivity index (χ3n) is 0.663. The van der Waals surface area contributed by atoms with E-state index in [9.17, 15) is 4.79 Å². The maximum atomic E-state index is 10.0. The molecule has 1 heterocycles. The molecule has 42 valence electrons. The third kappa shape index (κ3) is 2.23. The zero-order valence-electron chi connectivity index (χ0n) is 4.92. The molecule has 0 saturated carbocycles. The van der Waals surface area contributed by atoms with Crippen molar-refractivity contribution in [3.63, 3.8) is 0 Å². The third-order valence-corrected chi connectivity index (χ3v) is 1.46. The Morgan fingerprint density at radius 1 is 1.78 bits per heavy atom. The largest absolute Gasteiger partial charge is 1.00 e. The summed E-state index contributed by atoms with van der Waals surface area (Å²) in [5.41, 5.74) is 0.